The van der Waals surface area contributed by atoms with E-state index in [1.165, 1.54) is 4.90 Å². The molecule has 0 saturated carbocycles. The molecule has 1 aromatic heterocycles. The standard InChI is InChI=1S/C8H10F3N3O2S/c1-4(2)14(3-5(15)16)7-12-6(13-17-7)8(9,10)11/h4H,3H2,1-2H3,(H,15,16). The number of carboxylic acids is 1. The van der Waals surface area contributed by atoms with E-state index < -0.39 is 24.5 Å². The van der Waals surface area contributed by atoms with Crippen molar-refractivity contribution in [3.8, 4) is 0 Å². The maximum atomic E-state index is 12.3. The maximum absolute atomic E-state index is 12.3. The quantitative estimate of drug-likeness (QED) is 0.903. The Kier molecular flexibility index (Phi) is 3.91. The number of carboxylic acid groups (broad SMARTS) is 1. The molecule has 1 heterocycles. The molecule has 0 radical (unpaired) electrons. The zero-order chi connectivity index (χ0) is 13.2. The molecule has 0 saturated heterocycles. The van der Waals surface area contributed by atoms with Gasteiger partial charge < -0.3 is 10.0 Å². The van der Waals surface area contributed by atoms with Crippen molar-refractivity contribution in [1.82, 2.24) is 9.36 Å². The van der Waals surface area contributed by atoms with Gasteiger partial charge in [0.2, 0.25) is 11.0 Å². The van der Waals surface area contributed by atoms with Crippen molar-refractivity contribution in [2.45, 2.75) is 26.1 Å². The minimum Gasteiger partial charge on any atom is -0.480 e. The average molecular weight is 269 g/mol. The summed E-state index contributed by atoms with van der Waals surface area (Å²) in [7, 11) is 0. The second-order valence-corrected chi connectivity index (χ2v) is 4.24. The van der Waals surface area contributed by atoms with Crippen LogP contribution in [0.3, 0.4) is 0 Å². The maximum Gasteiger partial charge on any atom is 0.452 e. The van der Waals surface area contributed by atoms with Crippen LogP contribution in [0.4, 0.5) is 18.3 Å². The number of aromatic nitrogens is 2. The molecule has 1 N–H and O–H groups in total. The summed E-state index contributed by atoms with van der Waals surface area (Å²) in [6.07, 6.45) is -4.61. The number of alkyl halides is 3. The predicted molar refractivity (Wildman–Crippen MR) is 55.0 cm³/mol. The Morgan fingerprint density at radius 3 is 2.47 bits per heavy atom. The Morgan fingerprint density at radius 2 is 2.12 bits per heavy atom. The molecule has 9 heteroatoms. The van der Waals surface area contributed by atoms with E-state index in [0.29, 0.717) is 11.5 Å². The summed E-state index contributed by atoms with van der Waals surface area (Å²) in [4.78, 5) is 15.1. The van der Waals surface area contributed by atoms with Crippen LogP contribution in [0.15, 0.2) is 0 Å². The summed E-state index contributed by atoms with van der Waals surface area (Å²) in [5, 5.41) is 8.61. The predicted octanol–water partition coefficient (Wildman–Crippen LogP) is 1.86. The third kappa shape index (κ3) is 3.55. The topological polar surface area (TPSA) is 66.3 Å². The van der Waals surface area contributed by atoms with Gasteiger partial charge in [0.05, 0.1) is 0 Å². The molecule has 17 heavy (non-hydrogen) atoms. The van der Waals surface area contributed by atoms with E-state index in [1.807, 2.05) is 0 Å². The van der Waals surface area contributed by atoms with Gasteiger partial charge in [0.15, 0.2) is 0 Å². The summed E-state index contributed by atoms with van der Waals surface area (Å²) in [6.45, 7) is 2.92. The summed E-state index contributed by atoms with van der Waals surface area (Å²) >= 11 is 0.536. The van der Waals surface area contributed by atoms with Crippen molar-refractivity contribution in [3.63, 3.8) is 0 Å². The molecule has 0 aliphatic heterocycles. The summed E-state index contributed by atoms with van der Waals surface area (Å²) < 4.78 is 40.0. The number of aliphatic carboxylic acids is 1. The fourth-order valence-corrected chi connectivity index (χ4v) is 1.88. The van der Waals surface area contributed by atoms with Gasteiger partial charge in [-0.3, -0.25) is 4.79 Å². The first-order valence-electron chi connectivity index (χ1n) is 4.61. The van der Waals surface area contributed by atoms with Crippen LogP contribution in [0.25, 0.3) is 0 Å². The molecule has 1 aromatic rings. The number of hydrogen-bond acceptors (Lipinski definition) is 5. The van der Waals surface area contributed by atoms with Crippen LogP contribution in [0.1, 0.15) is 19.7 Å². The van der Waals surface area contributed by atoms with Gasteiger partial charge in [-0.15, -0.1) is 0 Å². The monoisotopic (exact) mass is 269 g/mol. The molecule has 0 fully saturated rings. The van der Waals surface area contributed by atoms with Gasteiger partial charge in [-0.25, -0.2) is 0 Å². The third-order valence-electron chi connectivity index (χ3n) is 1.84. The molecule has 0 spiro atoms. The highest BCUT2D eigenvalue weighted by atomic mass is 32.1. The fraction of sp³-hybridized carbons (Fsp3) is 0.625. The molecule has 0 aliphatic rings. The van der Waals surface area contributed by atoms with Crippen molar-refractivity contribution in [1.29, 1.82) is 0 Å². The molecule has 0 atom stereocenters. The van der Waals surface area contributed by atoms with Gasteiger partial charge in [-0.05, 0) is 13.8 Å². The number of anilines is 1. The highest BCUT2D eigenvalue weighted by molar-refractivity contribution is 7.09. The van der Waals surface area contributed by atoms with Crippen LogP contribution < -0.4 is 4.90 Å². The van der Waals surface area contributed by atoms with Crippen LogP contribution in [-0.4, -0.2) is 33.0 Å². The van der Waals surface area contributed by atoms with Gasteiger partial charge in [-0.2, -0.15) is 22.5 Å². The SMILES string of the molecule is CC(C)N(CC(=O)O)c1nc(C(F)(F)F)ns1. The van der Waals surface area contributed by atoms with Crippen LogP contribution in [-0.2, 0) is 11.0 Å². The van der Waals surface area contributed by atoms with Crippen LogP contribution in [0.2, 0.25) is 0 Å². The molecule has 0 amide bonds. The molecule has 96 valence electrons. The Labute approximate surface area is 99.1 Å². The number of halogens is 3. The normalized spacial score (nSPS) is 11.9. The lowest BCUT2D eigenvalue weighted by atomic mass is 10.3. The van der Waals surface area contributed by atoms with Gasteiger partial charge in [0.25, 0.3) is 0 Å². The first-order valence-corrected chi connectivity index (χ1v) is 5.38. The first kappa shape index (κ1) is 13.7. The summed E-state index contributed by atoms with van der Waals surface area (Å²) in [5.74, 6) is -2.38. The second-order valence-electron chi connectivity index (χ2n) is 3.51. The van der Waals surface area contributed by atoms with Crippen molar-refractivity contribution in [2.75, 3.05) is 11.4 Å². The molecular formula is C8H10F3N3O2S. The molecule has 0 bridgehead atoms. The number of rotatable bonds is 4. The third-order valence-corrected chi connectivity index (χ3v) is 2.60. The molecule has 0 aromatic carbocycles. The van der Waals surface area contributed by atoms with Gasteiger partial charge in [-0.1, -0.05) is 0 Å². The van der Waals surface area contributed by atoms with Crippen molar-refractivity contribution < 1.29 is 23.1 Å². The van der Waals surface area contributed by atoms with Crippen LogP contribution in [0.5, 0.6) is 0 Å². The number of nitrogens with zero attached hydrogens (tertiary/aromatic N) is 3. The molecule has 0 unspecified atom stereocenters. The van der Waals surface area contributed by atoms with E-state index >= 15 is 0 Å². The van der Waals surface area contributed by atoms with Crippen molar-refractivity contribution in [2.24, 2.45) is 0 Å². The Bertz CT molecular complexity index is 405. The van der Waals surface area contributed by atoms with Crippen molar-refractivity contribution >= 4 is 22.6 Å². The fourth-order valence-electron chi connectivity index (χ4n) is 1.06. The molecule has 5 nitrogen and oxygen atoms in total. The highest BCUT2D eigenvalue weighted by Gasteiger charge is 2.37. The molecular weight excluding hydrogens is 259 g/mol. The first-order chi connectivity index (χ1) is 7.71. The van der Waals surface area contributed by atoms with Crippen LogP contribution >= 0.6 is 11.5 Å². The van der Waals surface area contributed by atoms with Gasteiger partial charge in [0.1, 0.15) is 6.54 Å². The minimum absolute atomic E-state index is 0.0466. The molecule has 0 aliphatic carbocycles. The van der Waals surface area contributed by atoms with Crippen molar-refractivity contribution in [3.05, 3.63) is 5.82 Å². The number of hydrogen-bond donors (Lipinski definition) is 1. The smallest absolute Gasteiger partial charge is 0.452 e. The van der Waals surface area contributed by atoms with E-state index in [2.05, 4.69) is 9.36 Å². The lowest BCUT2D eigenvalue weighted by Gasteiger charge is -2.23. The largest absolute Gasteiger partial charge is 0.480 e. The average Bonchev–Trinajstić information content (AvgIpc) is 2.60. The Morgan fingerprint density at radius 1 is 1.53 bits per heavy atom. The Balaban J connectivity index is 2.96. The Hall–Kier alpha value is -1.38. The van der Waals surface area contributed by atoms with Gasteiger partial charge >= 0.3 is 12.1 Å². The minimum atomic E-state index is -4.61. The lowest BCUT2D eigenvalue weighted by molar-refractivity contribution is -0.144. The molecule has 1 rings (SSSR count). The summed E-state index contributed by atoms with van der Waals surface area (Å²) in [6, 6.07) is -0.278. The van der Waals surface area contributed by atoms with E-state index in [9.17, 15) is 18.0 Å². The summed E-state index contributed by atoms with van der Waals surface area (Å²) in [5.41, 5.74) is 0. The number of carbonyl (C=O) groups is 1. The zero-order valence-corrected chi connectivity index (χ0v) is 9.84. The second kappa shape index (κ2) is 4.86. The van der Waals surface area contributed by atoms with E-state index in [0.717, 1.165) is 0 Å². The lowest BCUT2D eigenvalue weighted by Crippen LogP contribution is -2.35. The van der Waals surface area contributed by atoms with E-state index in [4.69, 9.17) is 5.11 Å². The van der Waals surface area contributed by atoms with E-state index in [-0.39, 0.29) is 11.2 Å². The zero-order valence-electron chi connectivity index (χ0n) is 9.02. The van der Waals surface area contributed by atoms with Crippen LogP contribution in [0, 0.1) is 0 Å². The highest BCUT2D eigenvalue weighted by Crippen LogP contribution is 2.30. The van der Waals surface area contributed by atoms with Gasteiger partial charge in [0, 0.05) is 17.6 Å². The van der Waals surface area contributed by atoms with E-state index in [1.54, 1.807) is 13.8 Å².